The molecule has 2 rings (SSSR count). The highest BCUT2D eigenvalue weighted by Crippen LogP contribution is 2.33. The quantitative estimate of drug-likeness (QED) is 0.306. The lowest BCUT2D eigenvalue weighted by atomic mass is 9.81. The van der Waals surface area contributed by atoms with Crippen molar-refractivity contribution in [3.05, 3.63) is 23.3 Å². The van der Waals surface area contributed by atoms with E-state index in [0.717, 1.165) is 16.7 Å². The van der Waals surface area contributed by atoms with Crippen LogP contribution in [0.2, 0.25) is 0 Å². The van der Waals surface area contributed by atoms with Crippen molar-refractivity contribution in [3.8, 4) is 11.5 Å². The lowest BCUT2D eigenvalue weighted by Crippen LogP contribution is -2.37. The molecule has 6 N–H and O–H groups in total. The van der Waals surface area contributed by atoms with E-state index in [9.17, 15) is 34.6 Å². The van der Waals surface area contributed by atoms with Gasteiger partial charge < -0.3 is 35.5 Å². The fourth-order valence-electron chi connectivity index (χ4n) is 2.73. The molecule has 13 heteroatoms. The Morgan fingerprint density at radius 1 is 1.45 bits per heavy atom. The van der Waals surface area contributed by atoms with Gasteiger partial charge >= 0.3 is 19.2 Å². The van der Waals surface area contributed by atoms with E-state index in [1.54, 1.807) is 0 Å². The van der Waals surface area contributed by atoms with Crippen molar-refractivity contribution in [2.24, 2.45) is 5.73 Å². The summed E-state index contributed by atoms with van der Waals surface area (Å²) in [6.45, 7) is 0.0889. The Balaban J connectivity index is 2.10. The number of carbonyl (C=O) groups excluding carboxylic acids is 2. The number of carboxylic acid groups (broad SMARTS) is 1. The molecule has 29 heavy (non-hydrogen) atoms. The third-order valence-electron chi connectivity index (χ3n) is 4.27. The summed E-state index contributed by atoms with van der Waals surface area (Å²) in [5.41, 5.74) is 5.09. The Morgan fingerprint density at radius 2 is 2.14 bits per heavy atom. The van der Waals surface area contributed by atoms with E-state index in [4.69, 9.17) is 15.2 Å². The maximum Gasteiger partial charge on any atom is 0.465 e. The molecule has 1 fully saturated rings. The van der Waals surface area contributed by atoms with Gasteiger partial charge in [0.1, 0.15) is 23.2 Å². The summed E-state index contributed by atoms with van der Waals surface area (Å²) >= 11 is 0.843. The predicted octanol–water partition coefficient (Wildman–Crippen LogP) is -0.939. The van der Waals surface area contributed by atoms with Crippen LogP contribution in [0.3, 0.4) is 0 Å². The molecule has 1 heterocycles. The fraction of sp³-hybridized carbons (Fsp3) is 0.438. The van der Waals surface area contributed by atoms with Gasteiger partial charge in [-0.25, -0.2) is 14.5 Å². The van der Waals surface area contributed by atoms with Crippen molar-refractivity contribution in [1.82, 2.24) is 4.90 Å². The van der Waals surface area contributed by atoms with E-state index in [1.165, 1.54) is 19.2 Å². The van der Waals surface area contributed by atoms with Crippen LogP contribution in [-0.2, 0) is 16.0 Å². The predicted molar refractivity (Wildman–Crippen MR) is 103 cm³/mol. The Morgan fingerprint density at radius 3 is 2.66 bits per heavy atom. The number of nitrogens with zero attached hydrogens (tertiary/aromatic N) is 1. The highest BCUT2D eigenvalue weighted by atomic mass is 32.2. The largest absolute Gasteiger partial charge is 0.507 e. The van der Waals surface area contributed by atoms with Crippen LogP contribution in [0.15, 0.2) is 12.1 Å². The second-order valence-corrected chi connectivity index (χ2v) is 7.40. The second kappa shape index (κ2) is 9.83. The minimum absolute atomic E-state index is 0.0162. The first-order valence-corrected chi connectivity index (χ1v) is 9.55. The summed E-state index contributed by atoms with van der Waals surface area (Å²) in [5.74, 6) is -2.89. The number of thioether (sulfide) groups is 1. The Bertz CT molecular complexity index is 792. The number of hydrogen-bond donors (Lipinski definition) is 5. The van der Waals surface area contributed by atoms with E-state index in [0.29, 0.717) is 0 Å². The van der Waals surface area contributed by atoms with Crippen LogP contribution < -0.4 is 10.5 Å². The van der Waals surface area contributed by atoms with Gasteiger partial charge in [0.25, 0.3) is 0 Å². The number of nitrogens with two attached hydrogens (primary N) is 1. The van der Waals surface area contributed by atoms with Crippen LogP contribution in [0.1, 0.15) is 15.9 Å². The molecule has 0 saturated carbocycles. The first-order chi connectivity index (χ1) is 13.7. The molecule has 0 aliphatic carbocycles. The van der Waals surface area contributed by atoms with Crippen LogP contribution in [-0.4, -0.2) is 87.5 Å². The summed E-state index contributed by atoms with van der Waals surface area (Å²) in [7, 11) is -0.619. The number of aromatic hydroxyl groups is 1. The Kier molecular flexibility index (Phi) is 7.73. The highest BCUT2D eigenvalue weighted by molar-refractivity contribution is 8.01. The van der Waals surface area contributed by atoms with Crippen molar-refractivity contribution in [2.45, 2.75) is 17.7 Å². The summed E-state index contributed by atoms with van der Waals surface area (Å²) in [4.78, 5) is 36.2. The van der Waals surface area contributed by atoms with Crippen LogP contribution in [0.25, 0.3) is 0 Å². The number of imide groups is 1. The van der Waals surface area contributed by atoms with Gasteiger partial charge in [-0.15, -0.1) is 0 Å². The SMILES string of the molecule is COc1ccc(CC(SCC(=O)N2CC(CN)OC2=O)B(O)O)c(O)c1C(=O)O. The van der Waals surface area contributed by atoms with Crippen LogP contribution >= 0.6 is 11.8 Å². The van der Waals surface area contributed by atoms with Gasteiger partial charge in [0.05, 0.1) is 19.4 Å². The molecule has 2 amide bonds. The average molecular weight is 428 g/mol. The smallest absolute Gasteiger partial charge is 0.465 e. The molecule has 1 aliphatic heterocycles. The minimum Gasteiger partial charge on any atom is -0.507 e. The third kappa shape index (κ3) is 5.32. The van der Waals surface area contributed by atoms with Crippen LogP contribution in [0.5, 0.6) is 11.5 Å². The van der Waals surface area contributed by atoms with Gasteiger partial charge in [-0.2, -0.15) is 11.8 Å². The number of cyclic esters (lactones) is 1. The molecule has 11 nitrogen and oxygen atoms in total. The van der Waals surface area contributed by atoms with E-state index in [-0.39, 0.29) is 36.6 Å². The number of rotatable bonds is 9. The normalized spacial score (nSPS) is 17.0. The molecule has 0 aromatic heterocycles. The molecular formula is C16H21BN2O9S. The van der Waals surface area contributed by atoms with Gasteiger partial charge in [0, 0.05) is 11.7 Å². The molecule has 1 saturated heterocycles. The van der Waals surface area contributed by atoms with E-state index in [1.807, 2.05) is 0 Å². The van der Waals surface area contributed by atoms with Crippen LogP contribution in [0.4, 0.5) is 4.79 Å². The average Bonchev–Trinajstić information content (AvgIpc) is 3.05. The van der Waals surface area contributed by atoms with E-state index in [2.05, 4.69) is 0 Å². The van der Waals surface area contributed by atoms with Gasteiger partial charge in [0.2, 0.25) is 5.91 Å². The Labute approximate surface area is 170 Å². The fourth-order valence-corrected chi connectivity index (χ4v) is 3.71. The summed E-state index contributed by atoms with van der Waals surface area (Å²) in [6.07, 6.45) is -1.55. The van der Waals surface area contributed by atoms with Crippen molar-refractivity contribution in [1.29, 1.82) is 0 Å². The number of ether oxygens (including phenoxy) is 2. The zero-order chi connectivity index (χ0) is 21.7. The number of carboxylic acids is 1. The van der Waals surface area contributed by atoms with Gasteiger partial charge in [-0.1, -0.05) is 6.07 Å². The van der Waals surface area contributed by atoms with Gasteiger partial charge in [0.15, 0.2) is 0 Å². The van der Waals surface area contributed by atoms with Crippen molar-refractivity contribution >= 4 is 36.9 Å². The maximum atomic E-state index is 12.2. The maximum absolute atomic E-state index is 12.2. The number of methoxy groups -OCH3 is 1. The zero-order valence-corrected chi connectivity index (χ0v) is 16.3. The molecule has 0 bridgehead atoms. The summed E-state index contributed by atoms with van der Waals surface area (Å²) < 4.78 is 9.81. The van der Waals surface area contributed by atoms with Crippen molar-refractivity contribution in [3.63, 3.8) is 0 Å². The third-order valence-corrected chi connectivity index (χ3v) is 5.52. The molecule has 0 radical (unpaired) electrons. The lowest BCUT2D eigenvalue weighted by Gasteiger charge is -2.18. The van der Waals surface area contributed by atoms with Gasteiger partial charge in [-0.3, -0.25) is 4.79 Å². The number of amides is 2. The second-order valence-electron chi connectivity index (χ2n) is 6.17. The molecule has 1 aromatic rings. The molecule has 0 spiro atoms. The monoisotopic (exact) mass is 428 g/mol. The number of carbonyl (C=O) groups is 3. The topological polar surface area (TPSA) is 180 Å². The highest BCUT2D eigenvalue weighted by Gasteiger charge is 2.36. The lowest BCUT2D eigenvalue weighted by molar-refractivity contribution is -0.125. The molecule has 158 valence electrons. The number of hydrogen-bond acceptors (Lipinski definition) is 10. The van der Waals surface area contributed by atoms with Gasteiger partial charge in [-0.05, 0) is 18.1 Å². The van der Waals surface area contributed by atoms with Crippen molar-refractivity contribution < 1.29 is 44.1 Å². The van der Waals surface area contributed by atoms with E-state index < -0.39 is 47.7 Å². The standard InChI is InChI=1S/C16H21BN2O9S/c1-27-10-3-2-8(14(21)13(10)15(22)23)4-11(17(25)26)29-7-12(20)19-6-9(5-18)28-16(19)24/h2-3,9,11,21,25-26H,4-7,18H2,1H3,(H,22,23). The summed E-state index contributed by atoms with van der Waals surface area (Å²) in [6, 6.07) is 2.73. The molecule has 2 atom stereocenters. The molecule has 1 aliphatic rings. The number of aromatic carboxylic acids is 1. The minimum atomic E-state index is -1.87. The molecule has 1 aromatic carbocycles. The van der Waals surface area contributed by atoms with Crippen molar-refractivity contribution in [2.75, 3.05) is 26.0 Å². The Hall–Kier alpha value is -2.48. The van der Waals surface area contributed by atoms with E-state index >= 15 is 0 Å². The number of phenols is 1. The summed E-state index contributed by atoms with van der Waals surface area (Å²) in [5, 5.41) is 37.8. The zero-order valence-electron chi connectivity index (χ0n) is 15.5. The van der Waals surface area contributed by atoms with Crippen LogP contribution in [0, 0.1) is 0 Å². The first kappa shape index (κ1) is 22.8. The molecule has 2 unspecified atom stereocenters. The number of benzene rings is 1. The first-order valence-electron chi connectivity index (χ1n) is 8.50. The molecular weight excluding hydrogens is 407 g/mol.